The molecule has 55 heavy (non-hydrogen) atoms. The number of methoxy groups -OCH3 is 2. The number of nitrogens with zero attached hydrogens (tertiary/aromatic N) is 1. The van der Waals surface area contributed by atoms with Crippen LogP contribution in [0.2, 0.25) is 0 Å². The summed E-state index contributed by atoms with van der Waals surface area (Å²) in [6.45, 7) is 11.2. The first kappa shape index (κ1) is 41.0. The van der Waals surface area contributed by atoms with Crippen LogP contribution in [0.4, 0.5) is 27.7 Å². The Balaban J connectivity index is 1.28. The van der Waals surface area contributed by atoms with E-state index in [0.29, 0.717) is 72.4 Å². The van der Waals surface area contributed by atoms with Crippen molar-refractivity contribution in [3.63, 3.8) is 0 Å². The zero-order chi connectivity index (χ0) is 39.2. The van der Waals surface area contributed by atoms with Gasteiger partial charge in [0.15, 0.2) is 0 Å². The Morgan fingerprint density at radius 2 is 1.49 bits per heavy atom. The number of fused-ring (bicyclic) bond motifs is 1. The summed E-state index contributed by atoms with van der Waals surface area (Å²) in [5.74, 6) is 4.44. The molecule has 292 valence electrons. The minimum absolute atomic E-state index is 0.114. The fraction of sp³-hybridized carbons (Fsp3) is 0.349. The van der Waals surface area contributed by atoms with E-state index in [1.165, 1.54) is 0 Å². The van der Waals surface area contributed by atoms with Crippen molar-refractivity contribution < 1.29 is 33.2 Å². The van der Waals surface area contributed by atoms with Gasteiger partial charge in [-0.2, -0.15) is 11.8 Å². The molecular formula is C43H52N4O7S. The van der Waals surface area contributed by atoms with Gasteiger partial charge in [-0.25, -0.2) is 9.78 Å². The third-order valence-corrected chi connectivity index (χ3v) is 9.08. The topological polar surface area (TPSA) is 121 Å². The molecule has 0 spiro atoms. The molecule has 3 N–H and O–H groups in total. The number of thioether (sulfide) groups is 1. The number of anilines is 4. The number of aromatic nitrogens is 1. The fourth-order valence-electron chi connectivity index (χ4n) is 5.81. The predicted octanol–water partition coefficient (Wildman–Crippen LogP) is 10.4. The maximum atomic E-state index is 13.5. The standard InChI is InChI=1S/C43H52N4O7S/c1-8-17-51-18-19-52-20-21-53-34-25-31(24-33(26-34)49-5)45-40-27-32(15-16-44-40)54-39-14-13-37(35-11-9-10-12-36(35)39)46-42(48)47-38-23-30(43(2,3)4)22-29(28-55-7)41(38)50-6/h9-16,22-27H,8,17-21,28H2,1-7H3,(H,44,45)(H2,46,47,48). The van der Waals surface area contributed by atoms with Gasteiger partial charge in [-0.05, 0) is 47.9 Å². The van der Waals surface area contributed by atoms with E-state index in [1.54, 1.807) is 38.2 Å². The minimum Gasteiger partial charge on any atom is -0.497 e. The highest BCUT2D eigenvalue weighted by Gasteiger charge is 2.21. The maximum Gasteiger partial charge on any atom is 0.323 e. The second-order valence-electron chi connectivity index (χ2n) is 13.7. The van der Waals surface area contributed by atoms with Crippen molar-refractivity contribution >= 4 is 51.4 Å². The number of urea groups is 1. The highest BCUT2D eigenvalue weighted by Crippen LogP contribution is 2.38. The van der Waals surface area contributed by atoms with Gasteiger partial charge in [-0.1, -0.05) is 58.0 Å². The Morgan fingerprint density at radius 1 is 0.764 bits per heavy atom. The zero-order valence-corrected chi connectivity index (χ0v) is 33.6. The third kappa shape index (κ3) is 11.7. The molecular weight excluding hydrogens is 717 g/mol. The summed E-state index contributed by atoms with van der Waals surface area (Å²) < 4.78 is 34.7. The van der Waals surface area contributed by atoms with Crippen molar-refractivity contribution in [3.05, 3.63) is 96.2 Å². The van der Waals surface area contributed by atoms with Gasteiger partial charge in [0.05, 0.1) is 45.4 Å². The molecule has 0 aliphatic heterocycles. The molecule has 1 aromatic heterocycles. The maximum absolute atomic E-state index is 13.5. The molecule has 4 aromatic carbocycles. The normalized spacial score (nSPS) is 11.3. The molecule has 0 unspecified atom stereocenters. The van der Waals surface area contributed by atoms with Crippen LogP contribution < -0.4 is 34.9 Å². The summed E-state index contributed by atoms with van der Waals surface area (Å²) in [5, 5.41) is 11.1. The highest BCUT2D eigenvalue weighted by atomic mass is 32.2. The summed E-state index contributed by atoms with van der Waals surface area (Å²) in [6, 6.07) is 24.4. The summed E-state index contributed by atoms with van der Waals surface area (Å²) in [7, 11) is 3.24. The largest absolute Gasteiger partial charge is 0.497 e. The Morgan fingerprint density at radius 3 is 2.22 bits per heavy atom. The van der Waals surface area contributed by atoms with Crippen molar-refractivity contribution in [2.75, 3.05) is 69.5 Å². The molecule has 5 aromatic rings. The monoisotopic (exact) mass is 768 g/mol. The van der Waals surface area contributed by atoms with Crippen LogP contribution in [0.3, 0.4) is 0 Å². The van der Waals surface area contributed by atoms with Crippen molar-refractivity contribution in [3.8, 4) is 28.7 Å². The lowest BCUT2D eigenvalue weighted by Crippen LogP contribution is -2.21. The van der Waals surface area contributed by atoms with E-state index in [1.807, 2.05) is 73.0 Å². The molecule has 1 heterocycles. The predicted molar refractivity (Wildman–Crippen MR) is 224 cm³/mol. The van der Waals surface area contributed by atoms with Gasteiger partial charge in [0.25, 0.3) is 0 Å². The molecule has 0 bridgehead atoms. The summed E-state index contributed by atoms with van der Waals surface area (Å²) in [5.41, 5.74) is 4.01. The van der Waals surface area contributed by atoms with Crippen LogP contribution in [0.15, 0.2) is 85.1 Å². The van der Waals surface area contributed by atoms with E-state index in [2.05, 4.69) is 54.7 Å². The average molecular weight is 769 g/mol. The molecule has 0 saturated carbocycles. The molecule has 2 amide bonds. The number of hydrogen-bond acceptors (Lipinski definition) is 10. The van der Waals surface area contributed by atoms with Crippen LogP contribution in [-0.2, 0) is 20.6 Å². The number of carbonyl (C=O) groups excluding carboxylic acids is 1. The first-order valence-corrected chi connectivity index (χ1v) is 19.7. The van der Waals surface area contributed by atoms with Gasteiger partial charge in [0.2, 0.25) is 0 Å². The van der Waals surface area contributed by atoms with Gasteiger partial charge >= 0.3 is 6.03 Å². The molecule has 0 fully saturated rings. The van der Waals surface area contributed by atoms with E-state index in [9.17, 15) is 4.79 Å². The summed E-state index contributed by atoms with van der Waals surface area (Å²) in [4.78, 5) is 18.0. The van der Waals surface area contributed by atoms with E-state index in [4.69, 9.17) is 28.4 Å². The number of nitrogens with one attached hydrogen (secondary N) is 3. The number of pyridine rings is 1. The summed E-state index contributed by atoms with van der Waals surface area (Å²) >= 11 is 1.70. The quantitative estimate of drug-likeness (QED) is 0.0700. The van der Waals surface area contributed by atoms with Crippen LogP contribution in [0.5, 0.6) is 28.7 Å². The van der Waals surface area contributed by atoms with E-state index < -0.39 is 0 Å². The van der Waals surface area contributed by atoms with Gasteiger partial charge in [-0.3, -0.25) is 0 Å². The number of benzene rings is 4. The zero-order valence-electron chi connectivity index (χ0n) is 32.7. The van der Waals surface area contributed by atoms with Crippen LogP contribution in [-0.4, -0.2) is 64.5 Å². The van der Waals surface area contributed by atoms with E-state index in [-0.39, 0.29) is 11.4 Å². The van der Waals surface area contributed by atoms with Crippen molar-refractivity contribution in [1.82, 2.24) is 4.98 Å². The second-order valence-corrected chi connectivity index (χ2v) is 14.6. The Kier molecular flexibility index (Phi) is 14.9. The number of amides is 2. The lowest BCUT2D eigenvalue weighted by atomic mass is 9.85. The molecule has 0 atom stereocenters. The number of carbonyl (C=O) groups is 1. The summed E-state index contributed by atoms with van der Waals surface area (Å²) in [6.07, 6.45) is 4.71. The first-order valence-electron chi connectivity index (χ1n) is 18.3. The van der Waals surface area contributed by atoms with Gasteiger partial charge in [-0.15, -0.1) is 0 Å². The van der Waals surface area contributed by atoms with Crippen molar-refractivity contribution in [1.29, 1.82) is 0 Å². The molecule has 0 saturated heterocycles. The Bertz CT molecular complexity index is 2040. The number of hydrogen-bond donors (Lipinski definition) is 3. The van der Waals surface area contributed by atoms with Crippen LogP contribution in [0.1, 0.15) is 45.2 Å². The van der Waals surface area contributed by atoms with Gasteiger partial charge < -0.3 is 44.4 Å². The fourth-order valence-corrected chi connectivity index (χ4v) is 6.34. The number of ether oxygens (including phenoxy) is 6. The molecule has 12 heteroatoms. The smallest absolute Gasteiger partial charge is 0.323 e. The third-order valence-electron chi connectivity index (χ3n) is 8.48. The lowest BCUT2D eigenvalue weighted by Gasteiger charge is -2.24. The van der Waals surface area contributed by atoms with Crippen LogP contribution in [0, 0.1) is 0 Å². The van der Waals surface area contributed by atoms with Crippen LogP contribution >= 0.6 is 11.8 Å². The van der Waals surface area contributed by atoms with Crippen molar-refractivity contribution in [2.24, 2.45) is 0 Å². The van der Waals surface area contributed by atoms with E-state index in [0.717, 1.165) is 46.4 Å². The van der Waals surface area contributed by atoms with Crippen LogP contribution in [0.25, 0.3) is 10.8 Å². The lowest BCUT2D eigenvalue weighted by molar-refractivity contribution is 0.0366. The first-order chi connectivity index (χ1) is 26.6. The second kappa shape index (κ2) is 19.9. The number of rotatable bonds is 19. The molecule has 11 nitrogen and oxygen atoms in total. The molecule has 5 rings (SSSR count). The molecule has 0 aliphatic rings. The highest BCUT2D eigenvalue weighted by molar-refractivity contribution is 7.97. The Labute approximate surface area is 328 Å². The average Bonchev–Trinajstić information content (AvgIpc) is 3.16. The Hall–Kier alpha value is -5.17. The molecule has 0 radical (unpaired) electrons. The van der Waals surface area contributed by atoms with Gasteiger partial charge in [0.1, 0.15) is 41.2 Å². The van der Waals surface area contributed by atoms with Crippen molar-refractivity contribution in [2.45, 2.75) is 45.3 Å². The molecule has 0 aliphatic carbocycles. The SMILES string of the molecule is CCCOCCOCCOc1cc(Nc2cc(Oc3ccc(NC(=O)Nc4cc(C(C)(C)C)cc(CSC)c4OC)c4ccccc34)ccn2)cc(OC)c1. The minimum atomic E-state index is -0.379. The van der Waals surface area contributed by atoms with Gasteiger partial charge in [0, 0.05) is 64.8 Å². The van der Waals surface area contributed by atoms with E-state index >= 15 is 0 Å².